The van der Waals surface area contributed by atoms with E-state index in [0.717, 1.165) is 5.56 Å². The van der Waals surface area contributed by atoms with Gasteiger partial charge in [0.25, 0.3) is 0 Å². The lowest BCUT2D eigenvalue weighted by molar-refractivity contribution is -0.142. The molecule has 0 radical (unpaired) electrons. The largest absolute Gasteiger partial charge is 0.345 e. The van der Waals surface area contributed by atoms with Crippen LogP contribution in [0.3, 0.4) is 0 Å². The Morgan fingerprint density at radius 1 is 1.02 bits per heavy atom. The van der Waals surface area contributed by atoms with Gasteiger partial charge in [-0.1, -0.05) is 48.5 Å². The summed E-state index contributed by atoms with van der Waals surface area (Å²) in [5.74, 6) is -1.52. The molecule has 5 N–H and O–H groups in total. The van der Waals surface area contributed by atoms with Gasteiger partial charge in [-0.2, -0.15) is 0 Å². The number of nitrogens with two attached hydrogens (primary N) is 1. The average Bonchev–Trinajstić information content (AvgIpc) is 3.53. The van der Waals surface area contributed by atoms with Crippen molar-refractivity contribution in [3.63, 3.8) is 0 Å². The first kappa shape index (κ1) is 33.4. The maximum absolute atomic E-state index is 13.8. The van der Waals surface area contributed by atoms with E-state index >= 15 is 0 Å². The number of carbonyl (C=O) groups excluding carboxylic acids is 5. The van der Waals surface area contributed by atoms with Crippen LogP contribution in [0, 0.1) is 0 Å². The first-order chi connectivity index (χ1) is 20.8. The van der Waals surface area contributed by atoms with Crippen molar-refractivity contribution in [1.29, 1.82) is 0 Å². The summed E-state index contributed by atoms with van der Waals surface area (Å²) in [5, 5.41) is 8.64. The molecule has 232 valence electrons. The molecule has 0 bridgehead atoms. The van der Waals surface area contributed by atoms with Crippen LogP contribution in [0.2, 0.25) is 0 Å². The first-order valence-corrected chi connectivity index (χ1v) is 14.9. The summed E-state index contributed by atoms with van der Waals surface area (Å²) in [6.07, 6.45) is 3.91. The molecule has 11 nitrogen and oxygen atoms in total. The normalized spacial score (nSPS) is 16.5. The predicted octanol–water partition coefficient (Wildman–Crippen LogP) is 1.16. The van der Waals surface area contributed by atoms with Gasteiger partial charge in [-0.05, 0) is 76.7 Å². The number of benzene rings is 2. The lowest BCUT2D eigenvalue weighted by Crippen LogP contribution is -2.56. The van der Waals surface area contributed by atoms with Crippen molar-refractivity contribution in [1.82, 2.24) is 20.9 Å². The van der Waals surface area contributed by atoms with Crippen molar-refractivity contribution in [3.05, 3.63) is 66.2 Å². The van der Waals surface area contributed by atoms with Crippen LogP contribution in [0.1, 0.15) is 44.6 Å². The van der Waals surface area contributed by atoms with Crippen molar-refractivity contribution < 1.29 is 24.0 Å². The molecule has 0 unspecified atom stereocenters. The number of rotatable bonds is 16. The molecule has 3 rings (SSSR count). The minimum absolute atomic E-state index is 0.298. The topological polar surface area (TPSA) is 154 Å². The van der Waals surface area contributed by atoms with Crippen LogP contribution in [0.5, 0.6) is 0 Å². The van der Waals surface area contributed by atoms with Gasteiger partial charge in [-0.15, -0.1) is 0 Å². The van der Waals surface area contributed by atoms with Crippen molar-refractivity contribution in [2.45, 2.75) is 69.6 Å². The highest BCUT2D eigenvalue weighted by Crippen LogP contribution is 2.21. The number of hydrogen-bond donors (Lipinski definition) is 4. The van der Waals surface area contributed by atoms with Crippen LogP contribution in [-0.4, -0.2) is 85.7 Å². The standard InChI is InChI=1S/C32H44N6O5/c1-23(22-39)38(25-14-7-4-8-15-25)29(40)21-35-31(42)28-17-11-19-37(28)32(43)26(16-9-10-18-33)36-30(41)27(34-2)20-24-12-5-3-6-13-24/h3-8,12-15,22-23,26-28,34H,9-11,16-21,33H2,1-2H3,(H,35,42)(H,36,41)/t23-,26-,27-,28-/m0/s1. The number of likely N-dealkylation sites (tertiary alicyclic amines) is 1. The number of nitrogens with zero attached hydrogens (tertiary/aromatic N) is 2. The molecular formula is C32H44N6O5. The van der Waals surface area contributed by atoms with Gasteiger partial charge in [0.1, 0.15) is 18.4 Å². The van der Waals surface area contributed by atoms with Gasteiger partial charge < -0.3 is 36.3 Å². The van der Waals surface area contributed by atoms with Crippen LogP contribution in [-0.2, 0) is 30.4 Å². The molecule has 11 heteroatoms. The first-order valence-electron chi connectivity index (χ1n) is 14.9. The second-order valence-corrected chi connectivity index (χ2v) is 10.8. The molecular weight excluding hydrogens is 548 g/mol. The summed E-state index contributed by atoms with van der Waals surface area (Å²) in [6.45, 7) is 2.11. The number of amides is 4. The maximum Gasteiger partial charge on any atom is 0.247 e. The van der Waals surface area contributed by atoms with Crippen molar-refractivity contribution >= 4 is 35.6 Å². The molecule has 0 aromatic heterocycles. The van der Waals surface area contributed by atoms with E-state index in [1.165, 1.54) is 9.80 Å². The third-order valence-corrected chi connectivity index (χ3v) is 7.67. The van der Waals surface area contributed by atoms with Crippen molar-refractivity contribution in [3.8, 4) is 0 Å². The molecule has 0 spiro atoms. The van der Waals surface area contributed by atoms with Gasteiger partial charge in [0.05, 0.1) is 18.6 Å². The zero-order chi connectivity index (χ0) is 31.2. The number of para-hydroxylation sites is 1. The minimum atomic E-state index is -0.817. The highest BCUT2D eigenvalue weighted by molar-refractivity contribution is 6.00. The Labute approximate surface area is 253 Å². The van der Waals surface area contributed by atoms with Crippen LogP contribution < -0.4 is 26.6 Å². The lowest BCUT2D eigenvalue weighted by Gasteiger charge is -2.30. The lowest BCUT2D eigenvalue weighted by atomic mass is 10.0. The Balaban J connectivity index is 1.67. The minimum Gasteiger partial charge on any atom is -0.345 e. The quantitative estimate of drug-likeness (QED) is 0.169. The Morgan fingerprint density at radius 2 is 1.70 bits per heavy atom. The van der Waals surface area contributed by atoms with Gasteiger partial charge in [0.2, 0.25) is 23.6 Å². The fourth-order valence-corrected chi connectivity index (χ4v) is 5.32. The molecule has 4 amide bonds. The van der Waals surface area contributed by atoms with Crippen molar-refractivity contribution in [2.75, 3.05) is 31.6 Å². The molecule has 1 aliphatic rings. The third kappa shape index (κ3) is 9.45. The summed E-state index contributed by atoms with van der Waals surface area (Å²) >= 11 is 0. The van der Waals surface area contributed by atoms with Crippen molar-refractivity contribution in [2.24, 2.45) is 5.73 Å². The van der Waals surface area contributed by atoms with E-state index in [1.54, 1.807) is 44.3 Å². The molecule has 1 heterocycles. The van der Waals surface area contributed by atoms with E-state index in [1.807, 2.05) is 30.3 Å². The Bertz CT molecular complexity index is 1210. The molecule has 1 aliphatic heterocycles. The summed E-state index contributed by atoms with van der Waals surface area (Å²) in [5.41, 5.74) is 7.21. The molecule has 4 atom stereocenters. The molecule has 2 aromatic carbocycles. The number of nitrogens with one attached hydrogen (secondary N) is 3. The van der Waals surface area contributed by atoms with Gasteiger partial charge in [0.15, 0.2) is 0 Å². The smallest absolute Gasteiger partial charge is 0.247 e. The Kier molecular flexibility index (Phi) is 13.3. The van der Waals surface area contributed by atoms with Gasteiger partial charge in [-0.25, -0.2) is 0 Å². The fraction of sp³-hybridized carbons (Fsp3) is 0.469. The number of anilines is 1. The van der Waals surface area contributed by atoms with Crippen LogP contribution >= 0.6 is 0 Å². The number of aldehydes is 1. The highest BCUT2D eigenvalue weighted by atomic mass is 16.2. The number of unbranched alkanes of at least 4 members (excludes halogenated alkanes) is 1. The van der Waals surface area contributed by atoms with E-state index < -0.39 is 36.0 Å². The number of hydrogen-bond acceptors (Lipinski definition) is 7. The highest BCUT2D eigenvalue weighted by Gasteiger charge is 2.38. The monoisotopic (exact) mass is 592 g/mol. The summed E-state index contributed by atoms with van der Waals surface area (Å²) < 4.78 is 0. The molecule has 1 fully saturated rings. The molecule has 0 aliphatic carbocycles. The van der Waals surface area contributed by atoms with Gasteiger partial charge in [0, 0.05) is 12.2 Å². The van der Waals surface area contributed by atoms with Crippen LogP contribution in [0.15, 0.2) is 60.7 Å². The second-order valence-electron chi connectivity index (χ2n) is 10.8. The van der Waals surface area contributed by atoms with Gasteiger partial charge in [-0.3, -0.25) is 19.2 Å². The molecule has 43 heavy (non-hydrogen) atoms. The fourth-order valence-electron chi connectivity index (χ4n) is 5.32. The Morgan fingerprint density at radius 3 is 2.33 bits per heavy atom. The summed E-state index contributed by atoms with van der Waals surface area (Å²) in [6, 6.07) is 15.5. The van der Waals surface area contributed by atoms with E-state index in [9.17, 15) is 24.0 Å². The van der Waals surface area contributed by atoms with E-state index in [2.05, 4.69) is 16.0 Å². The zero-order valence-electron chi connectivity index (χ0n) is 25.0. The van der Waals surface area contributed by atoms with Crippen LogP contribution in [0.25, 0.3) is 0 Å². The van der Waals surface area contributed by atoms with Crippen LogP contribution in [0.4, 0.5) is 5.69 Å². The Hall–Kier alpha value is -4.09. The summed E-state index contributed by atoms with van der Waals surface area (Å²) in [4.78, 5) is 67.8. The number of likely N-dealkylation sites (N-methyl/N-ethyl adjacent to an activating group) is 1. The van der Waals surface area contributed by atoms with Gasteiger partial charge >= 0.3 is 0 Å². The average molecular weight is 593 g/mol. The molecule has 2 aromatic rings. The maximum atomic E-state index is 13.8. The predicted molar refractivity (Wildman–Crippen MR) is 165 cm³/mol. The summed E-state index contributed by atoms with van der Waals surface area (Å²) in [7, 11) is 1.70. The van der Waals surface area contributed by atoms with E-state index in [-0.39, 0.29) is 18.4 Å². The SMILES string of the molecule is CN[C@@H](Cc1ccccc1)C(=O)N[C@@H](CCCCN)C(=O)N1CCC[C@H]1C(=O)NCC(=O)N(c1ccccc1)[C@@H](C)C=O. The third-order valence-electron chi connectivity index (χ3n) is 7.67. The van der Waals surface area contributed by atoms with E-state index in [0.29, 0.717) is 63.6 Å². The van der Waals surface area contributed by atoms with E-state index in [4.69, 9.17) is 5.73 Å². The molecule has 0 saturated carbocycles. The second kappa shape index (κ2) is 17.1. The zero-order valence-corrected chi connectivity index (χ0v) is 25.0. The number of carbonyl (C=O) groups is 5. The molecule has 1 saturated heterocycles.